The number of carboxylic acids is 1. The van der Waals surface area contributed by atoms with Gasteiger partial charge in [-0.2, -0.15) is 8.42 Å². The van der Waals surface area contributed by atoms with Crippen molar-refractivity contribution < 1.29 is 22.2 Å². The van der Waals surface area contributed by atoms with Gasteiger partial charge in [-0.3, -0.25) is 0 Å². The Morgan fingerprint density at radius 1 is 1.29 bits per heavy atom. The quantitative estimate of drug-likeness (QED) is 0.773. The van der Waals surface area contributed by atoms with E-state index in [2.05, 4.69) is 0 Å². The summed E-state index contributed by atoms with van der Waals surface area (Å²) in [4.78, 5) is 10.4. The van der Waals surface area contributed by atoms with Crippen LogP contribution in [-0.2, 0) is 16.0 Å². The van der Waals surface area contributed by atoms with Gasteiger partial charge >= 0.3 is 16.2 Å². The maximum absolute atomic E-state index is 12.2. The van der Waals surface area contributed by atoms with Crippen molar-refractivity contribution in [1.29, 1.82) is 0 Å². The van der Waals surface area contributed by atoms with Crippen molar-refractivity contribution in [2.24, 2.45) is 0 Å². The molecule has 0 unspecified atom stereocenters. The molecule has 0 aliphatic carbocycles. The Hall–Kier alpha value is -1.43. The first kappa shape index (κ1) is 10.6. The number of carbonyl (C=O) groups is 1. The Kier molecular flexibility index (Phi) is 2.85. The summed E-state index contributed by atoms with van der Waals surface area (Å²) in [6, 6.07) is 4.98. The molecule has 0 heterocycles. The lowest BCUT2D eigenvalue weighted by molar-refractivity contribution is 0.0697. The van der Waals surface area contributed by atoms with Gasteiger partial charge in [0.05, 0.1) is 5.56 Å². The minimum absolute atomic E-state index is 0.0324. The average molecular weight is 218 g/mol. The third-order valence-electron chi connectivity index (χ3n) is 1.54. The maximum atomic E-state index is 12.2. The highest BCUT2D eigenvalue weighted by Gasteiger charge is 2.09. The van der Waals surface area contributed by atoms with Gasteiger partial charge in [0.25, 0.3) is 0 Å². The van der Waals surface area contributed by atoms with Crippen LogP contribution in [0.5, 0.6) is 0 Å². The molecule has 0 radical (unpaired) electrons. The Labute approximate surface area is 80.2 Å². The SMILES string of the molecule is O=C(O)c1ccc(CS(=O)(=O)F)cc1. The van der Waals surface area contributed by atoms with E-state index >= 15 is 0 Å². The standard InChI is InChI=1S/C8H7FO4S/c9-14(12,13)5-6-1-3-7(4-2-6)8(10)11/h1-4H,5H2,(H,10,11). The second-order valence-electron chi connectivity index (χ2n) is 2.69. The van der Waals surface area contributed by atoms with Crippen LogP contribution < -0.4 is 0 Å². The molecule has 6 heteroatoms. The van der Waals surface area contributed by atoms with E-state index in [9.17, 15) is 17.1 Å². The molecule has 76 valence electrons. The van der Waals surface area contributed by atoms with Crippen molar-refractivity contribution in [3.63, 3.8) is 0 Å². The summed E-state index contributed by atoms with van der Waals surface area (Å²) >= 11 is 0. The Morgan fingerprint density at radius 3 is 2.14 bits per heavy atom. The van der Waals surface area contributed by atoms with Crippen LogP contribution in [0.4, 0.5) is 3.89 Å². The number of hydrogen-bond acceptors (Lipinski definition) is 3. The van der Waals surface area contributed by atoms with Crippen LogP contribution in [0.2, 0.25) is 0 Å². The van der Waals surface area contributed by atoms with Crippen molar-refractivity contribution in [1.82, 2.24) is 0 Å². The van der Waals surface area contributed by atoms with Crippen molar-refractivity contribution in [2.45, 2.75) is 5.75 Å². The highest BCUT2D eigenvalue weighted by molar-refractivity contribution is 7.85. The molecule has 4 nitrogen and oxygen atoms in total. The Morgan fingerprint density at radius 2 is 1.79 bits per heavy atom. The first-order valence-corrected chi connectivity index (χ1v) is 5.18. The van der Waals surface area contributed by atoms with Crippen molar-refractivity contribution in [2.75, 3.05) is 0 Å². The smallest absolute Gasteiger partial charge is 0.335 e. The minimum Gasteiger partial charge on any atom is -0.478 e. The monoisotopic (exact) mass is 218 g/mol. The summed E-state index contributed by atoms with van der Waals surface area (Å²) in [5, 5.41) is 8.52. The average Bonchev–Trinajstić information content (AvgIpc) is 2.02. The van der Waals surface area contributed by atoms with Gasteiger partial charge in [-0.25, -0.2) is 4.79 Å². The molecule has 14 heavy (non-hydrogen) atoms. The first-order chi connectivity index (χ1) is 6.38. The van der Waals surface area contributed by atoms with Gasteiger partial charge in [0.15, 0.2) is 0 Å². The zero-order chi connectivity index (χ0) is 10.8. The van der Waals surface area contributed by atoms with Gasteiger partial charge in [0.2, 0.25) is 0 Å². The van der Waals surface area contributed by atoms with E-state index in [0.29, 0.717) is 0 Å². The zero-order valence-electron chi connectivity index (χ0n) is 6.97. The summed E-state index contributed by atoms with van der Waals surface area (Å²) in [6.45, 7) is 0. The fraction of sp³-hybridized carbons (Fsp3) is 0.125. The molecule has 0 spiro atoms. The Balaban J connectivity index is 2.90. The fourth-order valence-corrected chi connectivity index (χ4v) is 1.53. The van der Waals surface area contributed by atoms with E-state index in [4.69, 9.17) is 5.11 Å². The molecule has 1 aromatic rings. The van der Waals surface area contributed by atoms with E-state index in [-0.39, 0.29) is 11.1 Å². The molecule has 1 aromatic carbocycles. The molecule has 0 atom stereocenters. The van der Waals surface area contributed by atoms with Gasteiger partial charge in [0.1, 0.15) is 5.75 Å². The number of benzene rings is 1. The number of halogens is 1. The molecule has 0 fully saturated rings. The van der Waals surface area contributed by atoms with Crippen LogP contribution in [0.25, 0.3) is 0 Å². The number of aromatic carboxylic acids is 1. The third-order valence-corrected chi connectivity index (χ3v) is 2.22. The largest absolute Gasteiger partial charge is 0.478 e. The summed E-state index contributed by atoms with van der Waals surface area (Å²) in [5.74, 6) is -1.84. The van der Waals surface area contributed by atoms with Gasteiger partial charge in [-0.1, -0.05) is 12.1 Å². The second-order valence-corrected chi connectivity index (χ2v) is 4.05. The van der Waals surface area contributed by atoms with Crippen molar-refractivity contribution in [3.8, 4) is 0 Å². The molecule has 0 aromatic heterocycles. The maximum Gasteiger partial charge on any atom is 0.335 e. The van der Waals surface area contributed by atoms with Crippen LogP contribution in [0.1, 0.15) is 15.9 Å². The van der Waals surface area contributed by atoms with Crippen molar-refractivity contribution >= 4 is 16.2 Å². The molecule has 1 rings (SSSR count). The van der Waals surface area contributed by atoms with E-state index in [1.165, 1.54) is 24.3 Å². The highest BCUT2D eigenvalue weighted by Crippen LogP contribution is 2.09. The number of carboxylic acid groups (broad SMARTS) is 1. The predicted octanol–water partition coefficient (Wildman–Crippen LogP) is 1.18. The zero-order valence-corrected chi connectivity index (χ0v) is 7.79. The summed E-state index contributed by atoms with van der Waals surface area (Å²) in [5.41, 5.74) is 0.252. The minimum atomic E-state index is -4.56. The van der Waals surface area contributed by atoms with E-state index in [1.807, 2.05) is 0 Å². The second kappa shape index (κ2) is 3.75. The van der Waals surface area contributed by atoms with E-state index in [1.54, 1.807) is 0 Å². The van der Waals surface area contributed by atoms with Crippen LogP contribution in [0, 0.1) is 0 Å². The lowest BCUT2D eigenvalue weighted by Gasteiger charge is -1.97. The lowest BCUT2D eigenvalue weighted by Crippen LogP contribution is -1.99. The Bertz CT molecular complexity index is 435. The molecule has 0 saturated heterocycles. The number of rotatable bonds is 3. The topological polar surface area (TPSA) is 71.4 Å². The molecule has 0 amide bonds. The van der Waals surface area contributed by atoms with Gasteiger partial charge < -0.3 is 5.11 Å². The van der Waals surface area contributed by atoms with Crippen molar-refractivity contribution in [3.05, 3.63) is 35.4 Å². The number of hydrogen-bond donors (Lipinski definition) is 1. The van der Waals surface area contributed by atoms with Gasteiger partial charge in [0, 0.05) is 0 Å². The summed E-state index contributed by atoms with van der Waals surface area (Å²) in [6.07, 6.45) is 0. The lowest BCUT2D eigenvalue weighted by atomic mass is 10.1. The van der Waals surface area contributed by atoms with E-state index < -0.39 is 21.9 Å². The highest BCUT2D eigenvalue weighted by atomic mass is 32.3. The van der Waals surface area contributed by atoms with E-state index in [0.717, 1.165) is 0 Å². The molecule has 1 N–H and O–H groups in total. The van der Waals surface area contributed by atoms with Crippen LogP contribution >= 0.6 is 0 Å². The summed E-state index contributed by atoms with van der Waals surface area (Å²) < 4.78 is 32.7. The predicted molar refractivity (Wildman–Crippen MR) is 47.1 cm³/mol. The molecule has 0 aliphatic heterocycles. The molecular formula is C8H7FO4S. The summed E-state index contributed by atoms with van der Waals surface area (Å²) in [7, 11) is -4.56. The van der Waals surface area contributed by atoms with Gasteiger partial charge in [-0.15, -0.1) is 3.89 Å². The fourth-order valence-electron chi connectivity index (χ4n) is 0.943. The third kappa shape index (κ3) is 3.14. The first-order valence-electron chi connectivity index (χ1n) is 3.63. The van der Waals surface area contributed by atoms with Gasteiger partial charge in [-0.05, 0) is 17.7 Å². The molecule has 0 aliphatic rings. The van der Waals surface area contributed by atoms with Crippen LogP contribution in [0.15, 0.2) is 24.3 Å². The molecular weight excluding hydrogens is 211 g/mol. The molecule has 0 bridgehead atoms. The van der Waals surface area contributed by atoms with Crippen LogP contribution in [-0.4, -0.2) is 19.5 Å². The normalized spacial score (nSPS) is 11.2. The van der Waals surface area contributed by atoms with Crippen LogP contribution in [0.3, 0.4) is 0 Å². The molecule has 0 saturated carbocycles.